The van der Waals surface area contributed by atoms with Crippen LogP contribution >= 0.6 is 0 Å². The van der Waals surface area contributed by atoms with E-state index in [0.717, 1.165) is 17.8 Å². The molecule has 0 fully saturated rings. The SMILES string of the molecule is CCC(C)(C)Cc1ccc(N)cn1. The first kappa shape index (κ1) is 10.0. The monoisotopic (exact) mass is 178 g/mol. The predicted molar refractivity (Wildman–Crippen MR) is 56.4 cm³/mol. The minimum Gasteiger partial charge on any atom is -0.397 e. The summed E-state index contributed by atoms with van der Waals surface area (Å²) in [5, 5.41) is 0. The van der Waals surface area contributed by atoms with Gasteiger partial charge in [-0.2, -0.15) is 0 Å². The summed E-state index contributed by atoms with van der Waals surface area (Å²) in [6.45, 7) is 6.72. The Morgan fingerprint density at radius 1 is 1.38 bits per heavy atom. The molecule has 0 aliphatic carbocycles. The Balaban J connectivity index is 2.69. The highest BCUT2D eigenvalue weighted by Crippen LogP contribution is 2.24. The van der Waals surface area contributed by atoms with Crippen molar-refractivity contribution in [2.75, 3.05) is 5.73 Å². The summed E-state index contributed by atoms with van der Waals surface area (Å²) >= 11 is 0. The fourth-order valence-corrected chi connectivity index (χ4v) is 1.16. The third-order valence-electron chi connectivity index (χ3n) is 2.46. The Bertz CT molecular complexity index is 262. The maximum Gasteiger partial charge on any atom is 0.0501 e. The smallest absolute Gasteiger partial charge is 0.0501 e. The summed E-state index contributed by atoms with van der Waals surface area (Å²) < 4.78 is 0. The maximum atomic E-state index is 5.56. The Morgan fingerprint density at radius 3 is 2.54 bits per heavy atom. The fourth-order valence-electron chi connectivity index (χ4n) is 1.16. The van der Waals surface area contributed by atoms with Gasteiger partial charge < -0.3 is 5.73 Å². The zero-order chi connectivity index (χ0) is 9.90. The molecule has 13 heavy (non-hydrogen) atoms. The molecule has 0 spiro atoms. The molecule has 1 rings (SSSR count). The van der Waals surface area contributed by atoms with E-state index >= 15 is 0 Å². The van der Waals surface area contributed by atoms with E-state index in [1.165, 1.54) is 6.42 Å². The van der Waals surface area contributed by atoms with Crippen LogP contribution in [-0.4, -0.2) is 4.98 Å². The lowest BCUT2D eigenvalue weighted by Crippen LogP contribution is -2.14. The van der Waals surface area contributed by atoms with E-state index in [0.29, 0.717) is 5.41 Å². The molecule has 1 aromatic rings. The second kappa shape index (κ2) is 3.77. The molecule has 0 unspecified atom stereocenters. The molecule has 0 amide bonds. The number of hydrogen-bond donors (Lipinski definition) is 1. The average Bonchev–Trinajstić information content (AvgIpc) is 2.09. The van der Waals surface area contributed by atoms with Gasteiger partial charge in [0.1, 0.15) is 0 Å². The first-order chi connectivity index (χ1) is 6.03. The second-order valence-electron chi connectivity index (χ2n) is 4.28. The summed E-state index contributed by atoms with van der Waals surface area (Å²) in [7, 11) is 0. The molecule has 1 heterocycles. The topological polar surface area (TPSA) is 38.9 Å². The Kier molecular flexibility index (Phi) is 2.91. The van der Waals surface area contributed by atoms with Crippen LogP contribution < -0.4 is 5.73 Å². The van der Waals surface area contributed by atoms with Gasteiger partial charge in [-0.1, -0.05) is 27.2 Å². The number of nitrogen functional groups attached to an aromatic ring is 1. The number of aromatic nitrogens is 1. The number of nitrogens with two attached hydrogens (primary N) is 1. The van der Waals surface area contributed by atoms with Crippen molar-refractivity contribution in [1.29, 1.82) is 0 Å². The minimum absolute atomic E-state index is 0.336. The number of nitrogens with zero attached hydrogens (tertiary/aromatic N) is 1. The normalized spacial score (nSPS) is 11.6. The van der Waals surface area contributed by atoms with Crippen molar-refractivity contribution in [2.45, 2.75) is 33.6 Å². The number of hydrogen-bond acceptors (Lipinski definition) is 2. The van der Waals surface area contributed by atoms with Crippen LogP contribution in [-0.2, 0) is 6.42 Å². The third-order valence-corrected chi connectivity index (χ3v) is 2.46. The fraction of sp³-hybridized carbons (Fsp3) is 0.545. The van der Waals surface area contributed by atoms with Crippen LogP contribution in [0.2, 0.25) is 0 Å². The molecule has 0 radical (unpaired) electrons. The van der Waals surface area contributed by atoms with Crippen LogP contribution in [0.1, 0.15) is 32.9 Å². The molecule has 1 aromatic heterocycles. The van der Waals surface area contributed by atoms with E-state index in [1.807, 2.05) is 12.1 Å². The Morgan fingerprint density at radius 2 is 2.08 bits per heavy atom. The predicted octanol–water partition coefficient (Wildman–Crippen LogP) is 2.64. The van der Waals surface area contributed by atoms with E-state index in [-0.39, 0.29) is 0 Å². The van der Waals surface area contributed by atoms with Gasteiger partial charge in [0, 0.05) is 5.69 Å². The molecule has 0 saturated carbocycles. The van der Waals surface area contributed by atoms with Crippen molar-refractivity contribution in [2.24, 2.45) is 5.41 Å². The van der Waals surface area contributed by atoms with Crippen LogP contribution in [0.4, 0.5) is 5.69 Å². The van der Waals surface area contributed by atoms with Crippen molar-refractivity contribution < 1.29 is 0 Å². The van der Waals surface area contributed by atoms with Crippen LogP contribution in [0.15, 0.2) is 18.3 Å². The van der Waals surface area contributed by atoms with Crippen LogP contribution in [0.3, 0.4) is 0 Å². The van der Waals surface area contributed by atoms with Gasteiger partial charge >= 0.3 is 0 Å². The molecule has 0 aliphatic heterocycles. The highest BCUT2D eigenvalue weighted by atomic mass is 14.7. The summed E-state index contributed by atoms with van der Waals surface area (Å²) in [5.41, 5.74) is 7.76. The van der Waals surface area contributed by atoms with E-state index in [1.54, 1.807) is 6.20 Å². The summed E-state index contributed by atoms with van der Waals surface area (Å²) in [4.78, 5) is 4.29. The zero-order valence-electron chi connectivity index (χ0n) is 8.67. The molecule has 72 valence electrons. The van der Waals surface area contributed by atoms with Crippen molar-refractivity contribution in [3.8, 4) is 0 Å². The van der Waals surface area contributed by atoms with Gasteiger partial charge in [0.05, 0.1) is 11.9 Å². The Hall–Kier alpha value is -1.05. The standard InChI is InChI=1S/C11H18N2/c1-4-11(2,3)7-10-6-5-9(12)8-13-10/h5-6,8H,4,7,12H2,1-3H3. The van der Waals surface area contributed by atoms with Crippen molar-refractivity contribution >= 4 is 5.69 Å². The molecule has 2 N–H and O–H groups in total. The van der Waals surface area contributed by atoms with Gasteiger partial charge in [-0.3, -0.25) is 4.98 Å². The lowest BCUT2D eigenvalue weighted by Gasteiger charge is -2.21. The lowest BCUT2D eigenvalue weighted by atomic mass is 9.85. The average molecular weight is 178 g/mol. The molecule has 2 heteroatoms. The largest absolute Gasteiger partial charge is 0.397 e. The van der Waals surface area contributed by atoms with Gasteiger partial charge in [0.25, 0.3) is 0 Å². The van der Waals surface area contributed by atoms with Crippen LogP contribution in [0.25, 0.3) is 0 Å². The quantitative estimate of drug-likeness (QED) is 0.772. The van der Waals surface area contributed by atoms with Crippen molar-refractivity contribution in [1.82, 2.24) is 4.98 Å². The van der Waals surface area contributed by atoms with Gasteiger partial charge in [-0.15, -0.1) is 0 Å². The van der Waals surface area contributed by atoms with Crippen LogP contribution in [0, 0.1) is 5.41 Å². The summed E-state index contributed by atoms with van der Waals surface area (Å²) in [6, 6.07) is 3.92. The van der Waals surface area contributed by atoms with Crippen molar-refractivity contribution in [3.05, 3.63) is 24.0 Å². The molecule has 0 aliphatic rings. The summed E-state index contributed by atoms with van der Waals surface area (Å²) in [6.07, 6.45) is 3.91. The maximum absolute atomic E-state index is 5.56. The minimum atomic E-state index is 0.336. The zero-order valence-corrected chi connectivity index (χ0v) is 8.67. The lowest BCUT2D eigenvalue weighted by molar-refractivity contribution is 0.345. The van der Waals surface area contributed by atoms with Gasteiger partial charge in [0.15, 0.2) is 0 Å². The molecular weight excluding hydrogens is 160 g/mol. The first-order valence-electron chi connectivity index (χ1n) is 4.74. The van der Waals surface area contributed by atoms with Gasteiger partial charge in [-0.05, 0) is 24.0 Å². The second-order valence-corrected chi connectivity index (χ2v) is 4.28. The van der Waals surface area contributed by atoms with Crippen molar-refractivity contribution in [3.63, 3.8) is 0 Å². The first-order valence-corrected chi connectivity index (χ1v) is 4.74. The number of pyridine rings is 1. The molecular formula is C11H18N2. The van der Waals surface area contributed by atoms with E-state index < -0.39 is 0 Å². The third kappa shape index (κ3) is 3.05. The molecule has 0 saturated heterocycles. The van der Waals surface area contributed by atoms with E-state index in [2.05, 4.69) is 25.8 Å². The van der Waals surface area contributed by atoms with E-state index in [4.69, 9.17) is 5.73 Å². The summed E-state index contributed by atoms with van der Waals surface area (Å²) in [5.74, 6) is 0. The van der Waals surface area contributed by atoms with Gasteiger partial charge in [-0.25, -0.2) is 0 Å². The number of anilines is 1. The van der Waals surface area contributed by atoms with Gasteiger partial charge in [0.2, 0.25) is 0 Å². The van der Waals surface area contributed by atoms with Crippen LogP contribution in [0.5, 0.6) is 0 Å². The van der Waals surface area contributed by atoms with E-state index in [9.17, 15) is 0 Å². The molecule has 0 bridgehead atoms. The highest BCUT2D eigenvalue weighted by molar-refractivity contribution is 5.34. The molecule has 0 atom stereocenters. The molecule has 0 aromatic carbocycles. The molecule has 2 nitrogen and oxygen atoms in total. The number of rotatable bonds is 3. The highest BCUT2D eigenvalue weighted by Gasteiger charge is 2.15. The Labute approximate surface area is 80.2 Å².